The third kappa shape index (κ3) is 1.96. The minimum absolute atomic E-state index is 0.259. The van der Waals surface area contributed by atoms with Crippen molar-refractivity contribution in [2.75, 3.05) is 5.32 Å². The Morgan fingerprint density at radius 3 is 2.47 bits per heavy atom. The summed E-state index contributed by atoms with van der Waals surface area (Å²) in [4.78, 5) is 11.2. The molecule has 1 aromatic rings. The van der Waals surface area contributed by atoms with Gasteiger partial charge in [-0.05, 0) is 37.8 Å². The highest BCUT2D eigenvalue weighted by Crippen LogP contribution is 2.41. The Morgan fingerprint density at radius 1 is 1.40 bits per heavy atom. The molecule has 3 heteroatoms. The Hall–Kier alpha value is -1.51. The Balaban J connectivity index is 2.17. The van der Waals surface area contributed by atoms with Crippen molar-refractivity contribution in [1.29, 1.82) is 0 Å². The molecule has 15 heavy (non-hydrogen) atoms. The number of aliphatic carboxylic acids is 1. The van der Waals surface area contributed by atoms with E-state index in [4.69, 9.17) is 0 Å². The molecule has 0 aliphatic heterocycles. The van der Waals surface area contributed by atoms with Gasteiger partial charge in [0.2, 0.25) is 0 Å². The van der Waals surface area contributed by atoms with Gasteiger partial charge in [-0.25, -0.2) is 4.79 Å². The number of nitrogens with one attached hydrogen (secondary N) is 1. The molecule has 0 radical (unpaired) electrons. The number of hydrogen-bond acceptors (Lipinski definition) is 2. The second-order valence-electron chi connectivity index (χ2n) is 4.27. The minimum Gasteiger partial charge on any atom is -0.480 e. The molecule has 80 valence electrons. The summed E-state index contributed by atoms with van der Waals surface area (Å²) in [6, 6.07) is 9.50. The van der Waals surface area contributed by atoms with Gasteiger partial charge < -0.3 is 10.4 Å². The SMILES string of the molecule is CC(Nc1ccccc1)(C(=O)O)C1CC1. The first-order valence-electron chi connectivity index (χ1n) is 5.19. The maximum absolute atomic E-state index is 11.2. The molecule has 1 aliphatic carbocycles. The number of hydrogen-bond donors (Lipinski definition) is 2. The first-order chi connectivity index (χ1) is 7.13. The molecule has 3 nitrogen and oxygen atoms in total. The van der Waals surface area contributed by atoms with Crippen LogP contribution in [0.5, 0.6) is 0 Å². The van der Waals surface area contributed by atoms with Gasteiger partial charge in [0.05, 0.1) is 0 Å². The second kappa shape index (κ2) is 3.57. The van der Waals surface area contributed by atoms with E-state index in [1.165, 1.54) is 0 Å². The van der Waals surface area contributed by atoms with Gasteiger partial charge in [0.15, 0.2) is 0 Å². The summed E-state index contributed by atoms with van der Waals surface area (Å²) >= 11 is 0. The lowest BCUT2D eigenvalue weighted by Gasteiger charge is -2.27. The molecule has 2 rings (SSSR count). The molecule has 0 bridgehead atoms. The van der Waals surface area contributed by atoms with Crippen molar-refractivity contribution < 1.29 is 9.90 Å². The number of rotatable bonds is 4. The lowest BCUT2D eigenvalue weighted by atomic mass is 9.95. The van der Waals surface area contributed by atoms with E-state index in [0.29, 0.717) is 0 Å². The van der Waals surface area contributed by atoms with Crippen molar-refractivity contribution in [3.63, 3.8) is 0 Å². The molecule has 1 fully saturated rings. The van der Waals surface area contributed by atoms with Gasteiger partial charge >= 0.3 is 5.97 Å². The zero-order chi connectivity index (χ0) is 10.9. The van der Waals surface area contributed by atoms with Crippen LogP contribution in [0.2, 0.25) is 0 Å². The maximum Gasteiger partial charge on any atom is 0.329 e. The largest absolute Gasteiger partial charge is 0.480 e. The van der Waals surface area contributed by atoms with Crippen molar-refractivity contribution >= 4 is 11.7 Å². The summed E-state index contributed by atoms with van der Waals surface area (Å²) in [6.45, 7) is 1.76. The highest BCUT2D eigenvalue weighted by atomic mass is 16.4. The van der Waals surface area contributed by atoms with Gasteiger partial charge in [0.25, 0.3) is 0 Å². The van der Waals surface area contributed by atoms with Crippen LogP contribution in [0.25, 0.3) is 0 Å². The van der Waals surface area contributed by atoms with Crippen LogP contribution < -0.4 is 5.32 Å². The monoisotopic (exact) mass is 205 g/mol. The number of para-hydroxylation sites is 1. The van der Waals surface area contributed by atoms with Crippen LogP contribution in [0.1, 0.15) is 19.8 Å². The quantitative estimate of drug-likeness (QED) is 0.793. The first kappa shape index (κ1) is 10.0. The zero-order valence-electron chi connectivity index (χ0n) is 8.73. The number of anilines is 1. The van der Waals surface area contributed by atoms with Crippen molar-refractivity contribution in [1.82, 2.24) is 0 Å². The molecule has 0 amide bonds. The molecule has 0 heterocycles. The van der Waals surface area contributed by atoms with Gasteiger partial charge in [-0.2, -0.15) is 0 Å². The predicted molar refractivity (Wildman–Crippen MR) is 58.8 cm³/mol. The summed E-state index contributed by atoms with van der Waals surface area (Å²) in [7, 11) is 0. The van der Waals surface area contributed by atoms with Crippen LogP contribution in [-0.2, 0) is 4.79 Å². The first-order valence-corrected chi connectivity index (χ1v) is 5.19. The molecule has 1 aliphatic rings. The summed E-state index contributed by atoms with van der Waals surface area (Å²) in [5.41, 5.74) is 0.0516. The molecule has 0 spiro atoms. The highest BCUT2D eigenvalue weighted by Gasteiger charge is 2.47. The van der Waals surface area contributed by atoms with Crippen LogP contribution in [-0.4, -0.2) is 16.6 Å². The molecular formula is C12H15NO2. The molecule has 1 aromatic carbocycles. The number of carbonyl (C=O) groups is 1. The topological polar surface area (TPSA) is 49.3 Å². The highest BCUT2D eigenvalue weighted by molar-refractivity contribution is 5.83. The van der Waals surface area contributed by atoms with Crippen molar-refractivity contribution in [2.24, 2.45) is 5.92 Å². The van der Waals surface area contributed by atoms with E-state index in [0.717, 1.165) is 18.5 Å². The van der Waals surface area contributed by atoms with Crippen molar-refractivity contribution in [3.05, 3.63) is 30.3 Å². The summed E-state index contributed by atoms with van der Waals surface area (Å²) in [5.74, 6) is -0.510. The van der Waals surface area contributed by atoms with Crippen LogP contribution >= 0.6 is 0 Å². The van der Waals surface area contributed by atoms with Crippen molar-refractivity contribution in [2.45, 2.75) is 25.3 Å². The molecule has 1 unspecified atom stereocenters. The third-order valence-corrected chi connectivity index (χ3v) is 3.02. The zero-order valence-corrected chi connectivity index (χ0v) is 8.73. The fourth-order valence-electron chi connectivity index (χ4n) is 1.81. The van der Waals surface area contributed by atoms with Crippen LogP contribution in [0.15, 0.2) is 30.3 Å². The molecule has 1 atom stereocenters. The van der Waals surface area contributed by atoms with E-state index < -0.39 is 11.5 Å². The van der Waals surface area contributed by atoms with Gasteiger partial charge in [-0.15, -0.1) is 0 Å². The maximum atomic E-state index is 11.2. The molecule has 0 saturated heterocycles. The van der Waals surface area contributed by atoms with E-state index in [2.05, 4.69) is 5.32 Å². The average molecular weight is 205 g/mol. The Kier molecular flexibility index (Phi) is 2.39. The van der Waals surface area contributed by atoms with Gasteiger partial charge in [-0.3, -0.25) is 0 Å². The van der Waals surface area contributed by atoms with Crippen LogP contribution in [0.4, 0.5) is 5.69 Å². The van der Waals surface area contributed by atoms with Gasteiger partial charge in [0, 0.05) is 5.69 Å². The summed E-state index contributed by atoms with van der Waals surface area (Å²) < 4.78 is 0. The minimum atomic E-state index is -0.818. The van der Waals surface area contributed by atoms with Gasteiger partial charge in [0.1, 0.15) is 5.54 Å². The third-order valence-electron chi connectivity index (χ3n) is 3.02. The number of carboxylic acids is 1. The van der Waals surface area contributed by atoms with E-state index in [1.807, 2.05) is 30.3 Å². The Morgan fingerprint density at radius 2 is 2.00 bits per heavy atom. The van der Waals surface area contributed by atoms with E-state index in [-0.39, 0.29) is 5.92 Å². The molecule has 1 saturated carbocycles. The lowest BCUT2D eigenvalue weighted by Crippen LogP contribution is -2.45. The van der Waals surface area contributed by atoms with Gasteiger partial charge in [-0.1, -0.05) is 18.2 Å². The van der Waals surface area contributed by atoms with E-state index in [9.17, 15) is 9.90 Å². The molecule has 2 N–H and O–H groups in total. The summed E-state index contributed by atoms with van der Waals surface area (Å²) in [5, 5.41) is 12.4. The molecule has 0 aromatic heterocycles. The van der Waals surface area contributed by atoms with E-state index >= 15 is 0 Å². The Labute approximate surface area is 89.1 Å². The second-order valence-corrected chi connectivity index (χ2v) is 4.27. The molecular weight excluding hydrogens is 190 g/mol. The summed E-state index contributed by atoms with van der Waals surface area (Å²) in [6.07, 6.45) is 2.01. The average Bonchev–Trinajstić information content (AvgIpc) is 3.02. The number of benzene rings is 1. The normalized spacial score (nSPS) is 19.3. The Bertz CT molecular complexity index is 359. The smallest absolute Gasteiger partial charge is 0.329 e. The van der Waals surface area contributed by atoms with Crippen LogP contribution in [0, 0.1) is 5.92 Å². The number of carboxylic acid groups (broad SMARTS) is 1. The van der Waals surface area contributed by atoms with Crippen molar-refractivity contribution in [3.8, 4) is 0 Å². The fourth-order valence-corrected chi connectivity index (χ4v) is 1.81. The standard InChI is InChI=1S/C12H15NO2/c1-12(11(14)15,9-7-8-9)13-10-5-3-2-4-6-10/h2-6,9,13H,7-8H2,1H3,(H,14,15). The fraction of sp³-hybridized carbons (Fsp3) is 0.417. The predicted octanol–water partition coefficient (Wildman–Crippen LogP) is 2.35. The lowest BCUT2D eigenvalue weighted by molar-refractivity contribution is -0.142. The van der Waals surface area contributed by atoms with E-state index in [1.54, 1.807) is 6.92 Å². The van der Waals surface area contributed by atoms with Crippen LogP contribution in [0.3, 0.4) is 0 Å².